The Morgan fingerprint density at radius 2 is 0.868 bits per heavy atom. The summed E-state index contributed by atoms with van der Waals surface area (Å²) < 4.78 is 0. The first-order valence-corrected chi connectivity index (χ1v) is 15.5. The van der Waals surface area contributed by atoms with Crippen molar-refractivity contribution in [3.8, 4) is 44.5 Å². The molecule has 0 radical (unpaired) electrons. The summed E-state index contributed by atoms with van der Waals surface area (Å²) in [5.74, 6) is 0. The molecule has 0 nitrogen and oxygen atoms in total. The molecule has 0 saturated carbocycles. The predicted molar refractivity (Wildman–Crippen MR) is 162 cm³/mol. The van der Waals surface area contributed by atoms with Crippen LogP contribution in [0.2, 0.25) is 0 Å². The maximum absolute atomic E-state index is 2.50. The van der Waals surface area contributed by atoms with Crippen LogP contribution in [0.4, 0.5) is 0 Å². The van der Waals surface area contributed by atoms with Crippen molar-refractivity contribution in [2.24, 2.45) is 0 Å². The summed E-state index contributed by atoms with van der Waals surface area (Å²) in [4.78, 5) is 0. The average Bonchev–Trinajstić information content (AvgIpc) is 3.61. The number of rotatable bonds is 1. The third-order valence-corrected chi connectivity index (χ3v) is 14.1. The molecule has 0 fully saturated rings. The van der Waals surface area contributed by atoms with Gasteiger partial charge in [-0.3, -0.25) is 0 Å². The Hall–Kier alpha value is -4.46. The highest BCUT2D eigenvalue weighted by Crippen LogP contribution is 2.43. The molecule has 1 heteroatoms. The summed E-state index contributed by atoms with van der Waals surface area (Å²) >= 11 is 0. The van der Waals surface area contributed by atoms with Crippen LogP contribution in [0.3, 0.4) is 0 Å². The molecule has 1 aliphatic carbocycles. The second kappa shape index (κ2) is 7.31. The van der Waals surface area contributed by atoms with Gasteiger partial charge < -0.3 is 0 Å². The molecule has 0 amide bonds. The standard InChI is InChI=1S/C37H24Si/c1-2-11-26-24(10-1)22-32-27(15-9-16-28(26)32)25-20-21-37-33(23-25)31-14-5-8-19-36(31)38(37)34-17-6-3-12-29(34)30-13-4-7-18-35(30)38/h1-21,23H,22H2. The number of benzene rings is 6. The lowest BCUT2D eigenvalue weighted by Crippen LogP contribution is -2.70. The molecule has 6 aromatic rings. The molecule has 6 aromatic carbocycles. The van der Waals surface area contributed by atoms with E-state index in [2.05, 4.69) is 133 Å². The fourth-order valence-electron chi connectivity index (χ4n) is 7.69. The molecule has 2 heterocycles. The Kier molecular flexibility index (Phi) is 3.96. The van der Waals surface area contributed by atoms with Gasteiger partial charge in [0.2, 0.25) is 0 Å². The van der Waals surface area contributed by atoms with Crippen LogP contribution >= 0.6 is 0 Å². The molecule has 3 aliphatic rings. The third-order valence-electron chi connectivity index (χ3n) is 9.16. The first kappa shape index (κ1) is 20.6. The van der Waals surface area contributed by atoms with Crippen molar-refractivity contribution in [1.82, 2.24) is 0 Å². The van der Waals surface area contributed by atoms with Crippen molar-refractivity contribution < 1.29 is 0 Å². The number of fused-ring (bicyclic) bond motifs is 13. The van der Waals surface area contributed by atoms with Crippen LogP contribution in [0.25, 0.3) is 44.5 Å². The minimum Gasteiger partial charge on any atom is -0.0623 e. The molecule has 0 N–H and O–H groups in total. The zero-order chi connectivity index (χ0) is 24.8. The monoisotopic (exact) mass is 496 g/mol. The maximum Gasteiger partial charge on any atom is 0.182 e. The van der Waals surface area contributed by atoms with Gasteiger partial charge in [0.05, 0.1) is 0 Å². The van der Waals surface area contributed by atoms with Gasteiger partial charge in [-0.25, -0.2) is 0 Å². The molecule has 1 spiro atoms. The maximum atomic E-state index is 2.50. The highest BCUT2D eigenvalue weighted by molar-refractivity contribution is 7.24. The summed E-state index contributed by atoms with van der Waals surface area (Å²) in [7, 11) is -2.35. The van der Waals surface area contributed by atoms with E-state index in [1.807, 2.05) is 0 Å². The first-order chi connectivity index (χ1) is 18.9. The fourth-order valence-corrected chi connectivity index (χ4v) is 13.3. The number of hydrogen-bond donors (Lipinski definition) is 0. The van der Waals surface area contributed by atoms with Crippen molar-refractivity contribution in [1.29, 1.82) is 0 Å². The zero-order valence-electron chi connectivity index (χ0n) is 20.9. The highest BCUT2D eigenvalue weighted by atomic mass is 28.3. The van der Waals surface area contributed by atoms with E-state index in [1.165, 1.54) is 76.4 Å². The largest absolute Gasteiger partial charge is 0.182 e. The quantitative estimate of drug-likeness (QED) is 0.235. The van der Waals surface area contributed by atoms with Crippen molar-refractivity contribution in [2.75, 3.05) is 0 Å². The van der Waals surface area contributed by atoms with E-state index < -0.39 is 8.07 Å². The van der Waals surface area contributed by atoms with Crippen LogP contribution in [-0.2, 0) is 6.42 Å². The molecule has 38 heavy (non-hydrogen) atoms. The lowest BCUT2D eigenvalue weighted by atomic mass is 9.93. The van der Waals surface area contributed by atoms with Crippen LogP contribution in [0.15, 0.2) is 133 Å². The van der Waals surface area contributed by atoms with E-state index in [9.17, 15) is 0 Å². The van der Waals surface area contributed by atoms with Crippen molar-refractivity contribution in [2.45, 2.75) is 6.42 Å². The normalized spacial score (nSPS) is 14.4. The molecule has 0 atom stereocenters. The Morgan fingerprint density at radius 1 is 0.368 bits per heavy atom. The Bertz CT molecular complexity index is 1920. The van der Waals surface area contributed by atoms with E-state index >= 15 is 0 Å². The minimum absolute atomic E-state index is 1.01. The van der Waals surface area contributed by atoms with E-state index in [0.717, 1.165) is 6.42 Å². The van der Waals surface area contributed by atoms with Crippen molar-refractivity contribution in [3.63, 3.8) is 0 Å². The van der Waals surface area contributed by atoms with Gasteiger partial charge in [-0.05, 0) is 88.9 Å². The summed E-state index contributed by atoms with van der Waals surface area (Å²) in [5, 5.41) is 6.15. The van der Waals surface area contributed by atoms with E-state index in [1.54, 1.807) is 0 Å². The second-order valence-corrected chi connectivity index (χ2v) is 14.5. The Labute approximate surface area is 223 Å². The first-order valence-electron chi connectivity index (χ1n) is 13.5. The van der Waals surface area contributed by atoms with Crippen LogP contribution in [0.5, 0.6) is 0 Å². The van der Waals surface area contributed by atoms with Gasteiger partial charge in [0.1, 0.15) is 0 Å². The summed E-state index contributed by atoms with van der Waals surface area (Å²) in [5.41, 5.74) is 14.0. The van der Waals surface area contributed by atoms with E-state index in [0.29, 0.717) is 0 Å². The van der Waals surface area contributed by atoms with Gasteiger partial charge in [0.15, 0.2) is 8.07 Å². The van der Waals surface area contributed by atoms with Crippen molar-refractivity contribution in [3.05, 3.63) is 145 Å². The minimum atomic E-state index is -2.35. The van der Waals surface area contributed by atoms with Gasteiger partial charge in [0.25, 0.3) is 0 Å². The second-order valence-electron chi connectivity index (χ2n) is 10.8. The summed E-state index contributed by atoms with van der Waals surface area (Å²) in [6.07, 6.45) is 1.01. The van der Waals surface area contributed by atoms with E-state index in [-0.39, 0.29) is 0 Å². The molecular formula is C37H24Si. The number of hydrogen-bond acceptors (Lipinski definition) is 0. The zero-order valence-corrected chi connectivity index (χ0v) is 21.9. The van der Waals surface area contributed by atoms with Crippen molar-refractivity contribution >= 4 is 28.8 Å². The molecule has 176 valence electrons. The average molecular weight is 497 g/mol. The molecule has 0 unspecified atom stereocenters. The van der Waals surface area contributed by atoms with Crippen LogP contribution in [0.1, 0.15) is 11.1 Å². The Balaban J connectivity index is 1.32. The smallest absolute Gasteiger partial charge is 0.0623 e. The topological polar surface area (TPSA) is 0 Å². The van der Waals surface area contributed by atoms with Gasteiger partial charge in [-0.2, -0.15) is 0 Å². The van der Waals surface area contributed by atoms with E-state index in [4.69, 9.17) is 0 Å². The van der Waals surface area contributed by atoms with Gasteiger partial charge in [-0.1, -0.05) is 127 Å². The Morgan fingerprint density at radius 3 is 1.55 bits per heavy atom. The summed E-state index contributed by atoms with van der Waals surface area (Å²) in [6, 6.07) is 50.7. The lowest BCUT2D eigenvalue weighted by Gasteiger charge is -2.27. The van der Waals surface area contributed by atoms with Gasteiger partial charge >= 0.3 is 0 Å². The third kappa shape index (κ3) is 2.41. The molecule has 9 rings (SSSR count). The lowest BCUT2D eigenvalue weighted by molar-refractivity contribution is 1.26. The molecule has 2 aliphatic heterocycles. The van der Waals surface area contributed by atoms with Gasteiger partial charge in [0, 0.05) is 0 Å². The highest BCUT2D eigenvalue weighted by Gasteiger charge is 2.53. The molecular weight excluding hydrogens is 472 g/mol. The molecule has 0 bridgehead atoms. The SMILES string of the molecule is c1ccc2c(c1)Cc1c(-c3ccc4c(c3)-c3ccccc3[Si]43c4ccccc4-c4ccccc43)cccc1-2. The van der Waals surface area contributed by atoms with Crippen LogP contribution in [0, 0.1) is 0 Å². The van der Waals surface area contributed by atoms with Gasteiger partial charge in [-0.15, -0.1) is 0 Å². The van der Waals surface area contributed by atoms with Crippen LogP contribution in [-0.4, -0.2) is 8.07 Å². The molecule has 0 aromatic heterocycles. The fraction of sp³-hybridized carbons (Fsp3) is 0.0270. The summed E-state index contributed by atoms with van der Waals surface area (Å²) in [6.45, 7) is 0. The predicted octanol–water partition coefficient (Wildman–Crippen LogP) is 6.26. The van der Waals surface area contributed by atoms with Crippen LogP contribution < -0.4 is 20.7 Å². The molecule has 0 saturated heterocycles.